The van der Waals surface area contributed by atoms with Gasteiger partial charge in [-0.3, -0.25) is 0 Å². The summed E-state index contributed by atoms with van der Waals surface area (Å²) in [6, 6.07) is 1.77. The number of fused-ring (bicyclic) bond motifs is 1. The summed E-state index contributed by atoms with van der Waals surface area (Å²) in [5.41, 5.74) is 3.21. The molecule has 0 fully saturated rings. The van der Waals surface area contributed by atoms with Gasteiger partial charge in [-0.2, -0.15) is 9.50 Å². The van der Waals surface area contributed by atoms with Crippen molar-refractivity contribution in [3.8, 4) is 0 Å². The predicted octanol–water partition coefficient (Wildman–Crippen LogP) is 4.11. The Hall–Kier alpha value is -2.14. The Labute approximate surface area is 140 Å². The maximum absolute atomic E-state index is 6.16. The van der Waals surface area contributed by atoms with Crippen LogP contribution in [0, 0.1) is 6.92 Å². The first kappa shape index (κ1) is 15.7. The molecular weight excluding hydrogens is 310 g/mol. The largest absolute Gasteiger partial charge is 0.349 e. The summed E-state index contributed by atoms with van der Waals surface area (Å²) in [5, 5.41) is 8.09. The van der Waals surface area contributed by atoms with Gasteiger partial charge in [0.1, 0.15) is 5.15 Å². The number of nitrogens with zero attached hydrogens (tertiary/aromatic N) is 4. The van der Waals surface area contributed by atoms with Gasteiger partial charge < -0.3 is 5.32 Å². The van der Waals surface area contributed by atoms with Crippen molar-refractivity contribution < 1.29 is 0 Å². The van der Waals surface area contributed by atoms with Gasteiger partial charge in [-0.1, -0.05) is 42.0 Å². The van der Waals surface area contributed by atoms with Crippen LogP contribution in [-0.2, 0) is 0 Å². The summed E-state index contributed by atoms with van der Waals surface area (Å²) in [4.78, 5) is 8.70. The van der Waals surface area contributed by atoms with E-state index in [2.05, 4.69) is 45.2 Å². The molecule has 0 spiro atoms. The third-order valence-corrected chi connectivity index (χ3v) is 4.01. The minimum absolute atomic E-state index is 0.505. The molecule has 0 amide bonds. The van der Waals surface area contributed by atoms with Gasteiger partial charge in [-0.05, 0) is 44.2 Å². The van der Waals surface area contributed by atoms with Crippen molar-refractivity contribution in [2.45, 2.75) is 32.6 Å². The van der Waals surface area contributed by atoms with Gasteiger partial charge in [0.05, 0.1) is 0 Å². The number of hydrogen-bond donors (Lipinski definition) is 1. The third kappa shape index (κ3) is 3.99. The van der Waals surface area contributed by atoms with E-state index in [0.717, 1.165) is 18.5 Å². The summed E-state index contributed by atoms with van der Waals surface area (Å²) in [5.74, 6) is 1.03. The topological polar surface area (TPSA) is 55.1 Å². The zero-order valence-electron chi connectivity index (χ0n) is 13.2. The standard InChI is InChI=1S/C17H20ClN5/c1-12-6-4-3-5-7-14(9-8-12)11-19-16-21-17-20-13(2)10-15(18)23(17)22-16/h7-10H,1,3-6,11H2,2H3,(H,19,22)/b9-8-,14-7+. The van der Waals surface area contributed by atoms with Gasteiger partial charge in [0.15, 0.2) is 0 Å². The third-order valence-electron chi connectivity index (χ3n) is 3.74. The van der Waals surface area contributed by atoms with Gasteiger partial charge >= 0.3 is 0 Å². The van der Waals surface area contributed by atoms with Gasteiger partial charge in [0.25, 0.3) is 5.78 Å². The van der Waals surface area contributed by atoms with Crippen molar-refractivity contribution >= 4 is 23.3 Å². The van der Waals surface area contributed by atoms with Crippen LogP contribution in [0.1, 0.15) is 31.4 Å². The van der Waals surface area contributed by atoms with Crippen molar-refractivity contribution in [3.63, 3.8) is 0 Å². The number of halogens is 1. The molecule has 0 aromatic carbocycles. The lowest BCUT2D eigenvalue weighted by Gasteiger charge is -2.03. The number of nitrogens with one attached hydrogen (secondary N) is 1. The Morgan fingerprint density at radius 1 is 1.30 bits per heavy atom. The zero-order chi connectivity index (χ0) is 16.2. The Kier molecular flexibility index (Phi) is 4.76. The molecule has 2 heterocycles. The summed E-state index contributed by atoms with van der Waals surface area (Å²) in [7, 11) is 0. The molecule has 0 radical (unpaired) electrons. The molecule has 1 N–H and O–H groups in total. The fourth-order valence-corrected chi connectivity index (χ4v) is 2.76. The Bertz CT molecular complexity index is 788. The minimum Gasteiger partial charge on any atom is -0.349 e. The van der Waals surface area contributed by atoms with Crippen LogP contribution in [-0.4, -0.2) is 26.1 Å². The van der Waals surface area contributed by atoms with Crippen molar-refractivity contribution in [1.29, 1.82) is 0 Å². The minimum atomic E-state index is 0.505. The highest BCUT2D eigenvalue weighted by Gasteiger charge is 2.08. The summed E-state index contributed by atoms with van der Waals surface area (Å²) >= 11 is 6.16. The number of aryl methyl sites for hydroxylation is 1. The van der Waals surface area contributed by atoms with Gasteiger partial charge in [-0.25, -0.2) is 4.98 Å². The monoisotopic (exact) mass is 329 g/mol. The van der Waals surface area contributed by atoms with Crippen LogP contribution in [0.25, 0.3) is 5.78 Å². The number of rotatable bonds is 3. The van der Waals surface area contributed by atoms with E-state index in [-0.39, 0.29) is 0 Å². The Balaban J connectivity index is 1.74. The predicted molar refractivity (Wildman–Crippen MR) is 93.8 cm³/mol. The van der Waals surface area contributed by atoms with Crippen molar-refractivity contribution in [3.05, 3.63) is 52.9 Å². The highest BCUT2D eigenvalue weighted by atomic mass is 35.5. The normalized spacial score (nSPS) is 19.6. The molecular formula is C17H20ClN5. The molecule has 0 saturated carbocycles. The van der Waals surface area contributed by atoms with Crippen LogP contribution in [0.3, 0.4) is 0 Å². The molecule has 2 aromatic rings. The second-order valence-electron chi connectivity index (χ2n) is 5.74. The number of hydrogen-bond acceptors (Lipinski definition) is 4. The molecule has 6 heteroatoms. The summed E-state index contributed by atoms with van der Waals surface area (Å²) in [6.45, 7) is 6.62. The maximum atomic E-state index is 6.16. The van der Waals surface area contributed by atoms with E-state index in [1.165, 1.54) is 28.5 Å². The number of aromatic nitrogens is 4. The highest BCUT2D eigenvalue weighted by Crippen LogP contribution is 2.16. The molecule has 0 saturated heterocycles. The Morgan fingerprint density at radius 3 is 3.04 bits per heavy atom. The van der Waals surface area contributed by atoms with E-state index < -0.39 is 0 Å². The molecule has 23 heavy (non-hydrogen) atoms. The van der Waals surface area contributed by atoms with Crippen LogP contribution in [0.4, 0.5) is 5.95 Å². The van der Waals surface area contributed by atoms with E-state index >= 15 is 0 Å². The lowest BCUT2D eigenvalue weighted by molar-refractivity contribution is 0.751. The molecule has 5 nitrogen and oxygen atoms in total. The molecule has 0 atom stereocenters. The first-order chi connectivity index (χ1) is 11.1. The fourth-order valence-electron chi connectivity index (χ4n) is 2.49. The van der Waals surface area contributed by atoms with Gasteiger partial charge in [0.2, 0.25) is 5.95 Å². The average molecular weight is 330 g/mol. The van der Waals surface area contributed by atoms with Crippen LogP contribution in [0.2, 0.25) is 5.15 Å². The first-order valence-corrected chi connectivity index (χ1v) is 8.18. The highest BCUT2D eigenvalue weighted by molar-refractivity contribution is 6.29. The maximum Gasteiger partial charge on any atom is 0.255 e. The van der Waals surface area contributed by atoms with Crippen LogP contribution >= 0.6 is 11.6 Å². The number of allylic oxidation sites excluding steroid dienone is 3. The molecule has 1 aliphatic carbocycles. The van der Waals surface area contributed by atoms with Crippen LogP contribution in [0.5, 0.6) is 0 Å². The molecule has 1 aliphatic rings. The van der Waals surface area contributed by atoms with Gasteiger partial charge in [-0.15, -0.1) is 5.10 Å². The molecule has 2 aromatic heterocycles. The van der Waals surface area contributed by atoms with Crippen molar-refractivity contribution in [1.82, 2.24) is 19.6 Å². The van der Waals surface area contributed by atoms with Crippen LogP contribution in [0.15, 0.2) is 42.0 Å². The zero-order valence-corrected chi connectivity index (χ0v) is 14.0. The van der Waals surface area contributed by atoms with E-state index in [1.54, 1.807) is 6.07 Å². The lowest BCUT2D eigenvalue weighted by Crippen LogP contribution is -2.05. The van der Waals surface area contributed by atoms with Crippen LogP contribution < -0.4 is 5.32 Å². The second-order valence-corrected chi connectivity index (χ2v) is 6.12. The summed E-state index contributed by atoms with van der Waals surface area (Å²) < 4.78 is 1.53. The second kappa shape index (κ2) is 6.96. The first-order valence-electron chi connectivity index (χ1n) is 7.80. The average Bonchev–Trinajstić information content (AvgIpc) is 2.94. The molecule has 0 bridgehead atoms. The lowest BCUT2D eigenvalue weighted by atomic mass is 10.1. The molecule has 3 rings (SSSR count). The van der Waals surface area contributed by atoms with Crippen molar-refractivity contribution in [2.75, 3.05) is 11.9 Å². The Morgan fingerprint density at radius 2 is 2.17 bits per heavy atom. The van der Waals surface area contributed by atoms with E-state index in [4.69, 9.17) is 11.6 Å². The molecule has 0 unspecified atom stereocenters. The van der Waals surface area contributed by atoms with Crippen molar-refractivity contribution in [2.24, 2.45) is 0 Å². The quantitative estimate of drug-likeness (QED) is 0.861. The SMILES string of the molecule is C=C1/C=C\C(CNc2nc3nc(C)cc(Cl)n3n2)=C/CCCC1. The summed E-state index contributed by atoms with van der Waals surface area (Å²) in [6.07, 6.45) is 11.0. The van der Waals surface area contributed by atoms with E-state index in [0.29, 0.717) is 23.4 Å². The number of anilines is 1. The smallest absolute Gasteiger partial charge is 0.255 e. The van der Waals surface area contributed by atoms with E-state index in [1.807, 2.05) is 6.92 Å². The van der Waals surface area contributed by atoms with E-state index in [9.17, 15) is 0 Å². The van der Waals surface area contributed by atoms with Gasteiger partial charge in [0, 0.05) is 12.2 Å². The molecule has 0 aliphatic heterocycles. The fraction of sp³-hybridized carbons (Fsp3) is 0.353. The molecule has 120 valence electrons.